The molecule has 72 valence electrons. The average Bonchev–Trinajstić information content (AvgIpc) is 2.52. The first-order chi connectivity index (χ1) is 6.15. The summed E-state index contributed by atoms with van der Waals surface area (Å²) in [6, 6.07) is 1.90. The monoisotopic (exact) mass is 183 g/mol. The van der Waals surface area contributed by atoms with Crippen molar-refractivity contribution in [3.63, 3.8) is 0 Å². The number of nitrogens with one attached hydrogen (secondary N) is 1. The number of hydroxylamine groups is 1. The van der Waals surface area contributed by atoms with E-state index in [1.807, 2.05) is 13.8 Å². The van der Waals surface area contributed by atoms with E-state index >= 15 is 0 Å². The third-order valence-electron chi connectivity index (χ3n) is 1.56. The summed E-state index contributed by atoms with van der Waals surface area (Å²) < 4.78 is 1.71. The second kappa shape index (κ2) is 4.04. The van der Waals surface area contributed by atoms with E-state index in [0.717, 1.165) is 0 Å². The van der Waals surface area contributed by atoms with Crippen LogP contribution in [0.3, 0.4) is 0 Å². The van der Waals surface area contributed by atoms with Crippen molar-refractivity contribution in [2.45, 2.75) is 19.9 Å². The number of carbonyl (C=O) groups excluding carboxylic acids is 1. The fraction of sp³-hybridized carbons (Fsp3) is 0.500. The predicted octanol–water partition coefficient (Wildman–Crippen LogP) is 0.755. The zero-order valence-corrected chi connectivity index (χ0v) is 7.94. The standard InChI is InChI=1S/C8H13N3O2/c1-6(2)11-5-4-7(9-11)8(12)10-13-3/h4-6H,1-3H3,(H,10,12). The molecule has 0 unspecified atom stereocenters. The quantitative estimate of drug-likeness (QED) is 0.704. The summed E-state index contributed by atoms with van der Waals surface area (Å²) in [4.78, 5) is 15.6. The molecular weight excluding hydrogens is 170 g/mol. The van der Waals surface area contributed by atoms with Gasteiger partial charge in [-0.3, -0.25) is 14.3 Å². The van der Waals surface area contributed by atoms with E-state index < -0.39 is 0 Å². The van der Waals surface area contributed by atoms with Crippen LogP contribution in [0.1, 0.15) is 30.4 Å². The van der Waals surface area contributed by atoms with Gasteiger partial charge in [0.05, 0.1) is 7.11 Å². The second-order valence-corrected chi connectivity index (χ2v) is 2.91. The molecule has 1 N–H and O–H groups in total. The SMILES string of the molecule is CONC(=O)c1ccn(C(C)C)n1. The molecule has 0 aliphatic heterocycles. The molecule has 0 fully saturated rings. The second-order valence-electron chi connectivity index (χ2n) is 2.91. The van der Waals surface area contributed by atoms with E-state index in [1.54, 1.807) is 16.9 Å². The molecule has 5 heteroatoms. The van der Waals surface area contributed by atoms with Crippen molar-refractivity contribution in [3.8, 4) is 0 Å². The van der Waals surface area contributed by atoms with E-state index in [1.165, 1.54) is 7.11 Å². The van der Waals surface area contributed by atoms with Gasteiger partial charge in [0.1, 0.15) is 0 Å². The number of nitrogens with zero attached hydrogens (tertiary/aromatic N) is 2. The molecule has 0 radical (unpaired) electrons. The van der Waals surface area contributed by atoms with E-state index in [2.05, 4.69) is 15.4 Å². The Morgan fingerprint density at radius 1 is 1.69 bits per heavy atom. The number of amides is 1. The van der Waals surface area contributed by atoms with Gasteiger partial charge in [-0.05, 0) is 19.9 Å². The topological polar surface area (TPSA) is 56.1 Å². The van der Waals surface area contributed by atoms with Crippen molar-refractivity contribution >= 4 is 5.91 Å². The van der Waals surface area contributed by atoms with Gasteiger partial charge in [-0.1, -0.05) is 0 Å². The van der Waals surface area contributed by atoms with Crippen LogP contribution in [0.25, 0.3) is 0 Å². The summed E-state index contributed by atoms with van der Waals surface area (Å²) in [5.41, 5.74) is 2.56. The number of hydrogen-bond acceptors (Lipinski definition) is 3. The molecule has 0 aliphatic carbocycles. The third-order valence-corrected chi connectivity index (χ3v) is 1.56. The Labute approximate surface area is 76.6 Å². The molecule has 0 spiro atoms. The first kappa shape index (κ1) is 9.73. The molecule has 0 saturated heterocycles. The largest absolute Gasteiger partial charge is 0.295 e. The van der Waals surface area contributed by atoms with E-state index in [0.29, 0.717) is 5.69 Å². The van der Waals surface area contributed by atoms with Gasteiger partial charge in [0, 0.05) is 12.2 Å². The Morgan fingerprint density at radius 2 is 2.38 bits per heavy atom. The molecule has 0 atom stereocenters. The maximum atomic E-state index is 11.2. The van der Waals surface area contributed by atoms with Gasteiger partial charge in [0.25, 0.3) is 5.91 Å². The first-order valence-corrected chi connectivity index (χ1v) is 4.03. The smallest absolute Gasteiger partial charge is 0.277 e. The first-order valence-electron chi connectivity index (χ1n) is 4.03. The van der Waals surface area contributed by atoms with Crippen LogP contribution in [0.4, 0.5) is 0 Å². The minimum absolute atomic E-state index is 0.254. The Balaban J connectivity index is 2.73. The number of hydrogen-bond donors (Lipinski definition) is 1. The van der Waals surface area contributed by atoms with Gasteiger partial charge in [-0.2, -0.15) is 5.10 Å². The zero-order chi connectivity index (χ0) is 9.84. The Hall–Kier alpha value is -1.36. The molecule has 1 aromatic rings. The van der Waals surface area contributed by atoms with Crippen LogP contribution < -0.4 is 5.48 Å². The molecule has 0 saturated carbocycles. The molecule has 5 nitrogen and oxygen atoms in total. The fourth-order valence-corrected chi connectivity index (χ4v) is 0.892. The maximum Gasteiger partial charge on any atom is 0.295 e. The van der Waals surface area contributed by atoms with Gasteiger partial charge >= 0.3 is 0 Å². The van der Waals surface area contributed by atoms with Crippen LogP contribution in [0.5, 0.6) is 0 Å². The lowest BCUT2D eigenvalue weighted by Crippen LogP contribution is -2.22. The summed E-state index contributed by atoms with van der Waals surface area (Å²) in [6.45, 7) is 3.98. The molecule has 0 aromatic carbocycles. The van der Waals surface area contributed by atoms with Crippen molar-refractivity contribution in [1.82, 2.24) is 15.3 Å². The minimum atomic E-state index is -0.332. The number of rotatable bonds is 3. The van der Waals surface area contributed by atoms with Gasteiger partial charge in [0.2, 0.25) is 0 Å². The van der Waals surface area contributed by atoms with Crippen molar-refractivity contribution in [2.75, 3.05) is 7.11 Å². The highest BCUT2D eigenvalue weighted by Gasteiger charge is 2.09. The summed E-state index contributed by atoms with van der Waals surface area (Å²) >= 11 is 0. The average molecular weight is 183 g/mol. The van der Waals surface area contributed by atoms with Gasteiger partial charge in [-0.25, -0.2) is 5.48 Å². The van der Waals surface area contributed by atoms with Crippen molar-refractivity contribution in [3.05, 3.63) is 18.0 Å². The highest BCUT2D eigenvalue weighted by Crippen LogP contribution is 2.03. The predicted molar refractivity (Wildman–Crippen MR) is 47.1 cm³/mol. The van der Waals surface area contributed by atoms with E-state index in [-0.39, 0.29) is 11.9 Å². The Morgan fingerprint density at radius 3 is 2.85 bits per heavy atom. The van der Waals surface area contributed by atoms with E-state index in [4.69, 9.17) is 0 Å². The number of carbonyl (C=O) groups is 1. The van der Waals surface area contributed by atoms with Gasteiger partial charge < -0.3 is 0 Å². The molecule has 0 aliphatic rings. The van der Waals surface area contributed by atoms with Crippen LogP contribution in [0, 0.1) is 0 Å². The zero-order valence-electron chi connectivity index (χ0n) is 7.94. The Bertz CT molecular complexity index is 293. The molecular formula is C8H13N3O2. The van der Waals surface area contributed by atoms with Crippen LogP contribution in [-0.4, -0.2) is 22.8 Å². The Kier molecular flexibility index (Phi) is 3.02. The summed E-state index contributed by atoms with van der Waals surface area (Å²) in [5.74, 6) is -0.332. The molecule has 1 amide bonds. The lowest BCUT2D eigenvalue weighted by atomic mass is 10.4. The van der Waals surface area contributed by atoms with Crippen LogP contribution >= 0.6 is 0 Å². The molecule has 1 rings (SSSR count). The van der Waals surface area contributed by atoms with E-state index in [9.17, 15) is 4.79 Å². The summed E-state index contributed by atoms with van der Waals surface area (Å²) in [5, 5.41) is 4.05. The van der Waals surface area contributed by atoms with Gasteiger partial charge in [0.15, 0.2) is 5.69 Å². The lowest BCUT2D eigenvalue weighted by molar-refractivity contribution is 0.0531. The van der Waals surface area contributed by atoms with Gasteiger partial charge in [-0.15, -0.1) is 0 Å². The minimum Gasteiger partial charge on any atom is -0.277 e. The molecule has 1 heterocycles. The van der Waals surface area contributed by atoms with Crippen LogP contribution in [0.2, 0.25) is 0 Å². The van der Waals surface area contributed by atoms with Crippen molar-refractivity contribution < 1.29 is 9.63 Å². The highest BCUT2D eigenvalue weighted by molar-refractivity contribution is 5.91. The van der Waals surface area contributed by atoms with Crippen molar-refractivity contribution in [2.24, 2.45) is 0 Å². The fourth-order valence-electron chi connectivity index (χ4n) is 0.892. The summed E-state index contributed by atoms with van der Waals surface area (Å²) in [7, 11) is 1.39. The molecule has 1 aromatic heterocycles. The number of aromatic nitrogens is 2. The van der Waals surface area contributed by atoms with Crippen LogP contribution in [0.15, 0.2) is 12.3 Å². The van der Waals surface area contributed by atoms with Crippen molar-refractivity contribution in [1.29, 1.82) is 0 Å². The lowest BCUT2D eigenvalue weighted by Gasteiger charge is -2.03. The normalized spacial score (nSPS) is 10.5. The third kappa shape index (κ3) is 2.29. The molecule has 0 bridgehead atoms. The molecule has 13 heavy (non-hydrogen) atoms. The summed E-state index contributed by atoms with van der Waals surface area (Å²) in [6.07, 6.45) is 1.76. The maximum absolute atomic E-state index is 11.2. The highest BCUT2D eigenvalue weighted by atomic mass is 16.6. The van der Waals surface area contributed by atoms with Crippen LogP contribution in [-0.2, 0) is 4.84 Å².